The third-order valence-corrected chi connectivity index (χ3v) is 1.09. The van der Waals surface area contributed by atoms with Crippen LogP contribution in [0, 0.1) is 0 Å². The molecule has 0 radical (unpaired) electrons. The quantitative estimate of drug-likeness (QED) is 0.510. The zero-order valence-corrected chi connectivity index (χ0v) is 4.61. The highest BCUT2D eigenvalue weighted by Crippen LogP contribution is 2.12. The van der Waals surface area contributed by atoms with Crippen LogP contribution < -0.4 is 0 Å². The lowest BCUT2D eigenvalue weighted by molar-refractivity contribution is 0.218. The summed E-state index contributed by atoms with van der Waals surface area (Å²) >= 11 is 0. The minimum absolute atomic E-state index is 0.883. The molecule has 0 aromatic rings. The van der Waals surface area contributed by atoms with Gasteiger partial charge in [-0.1, -0.05) is 13.3 Å². The van der Waals surface area contributed by atoms with Crippen molar-refractivity contribution in [3.05, 3.63) is 11.8 Å². The van der Waals surface area contributed by atoms with Crippen molar-refractivity contribution in [3.8, 4) is 0 Å². The molecular weight excluding hydrogens is 88.1 g/mol. The van der Waals surface area contributed by atoms with E-state index in [1.165, 1.54) is 18.4 Å². The molecule has 0 aromatic heterocycles. The van der Waals surface area contributed by atoms with Gasteiger partial charge in [0.25, 0.3) is 0 Å². The average Bonchev–Trinajstić information content (AvgIpc) is 1.55. The molecule has 40 valence electrons. The summed E-state index contributed by atoms with van der Waals surface area (Å²) in [6.45, 7) is 3.06. The maximum absolute atomic E-state index is 4.83. The lowest BCUT2D eigenvalue weighted by atomic mass is 10.1. The van der Waals surface area contributed by atoms with Crippen LogP contribution in [-0.2, 0) is 4.74 Å². The second kappa shape index (κ2) is 2.01. The average molecular weight is 98.1 g/mol. The van der Waals surface area contributed by atoms with Gasteiger partial charge in [-0.2, -0.15) is 0 Å². The summed E-state index contributed by atoms with van der Waals surface area (Å²) in [5.41, 5.74) is 1.46. The van der Waals surface area contributed by atoms with E-state index < -0.39 is 0 Å². The van der Waals surface area contributed by atoms with Crippen LogP contribution >= 0.6 is 0 Å². The summed E-state index contributed by atoms with van der Waals surface area (Å²) in [4.78, 5) is 0. The Bertz CT molecular complexity index is 84.2. The number of ether oxygens (including phenoxy) is 1. The molecular formula is C6H10O. The molecule has 1 aliphatic heterocycles. The molecule has 0 saturated carbocycles. The molecule has 1 heterocycles. The smallest absolute Gasteiger partial charge is 0.112 e. The third kappa shape index (κ3) is 0.952. The maximum atomic E-state index is 4.83. The molecule has 0 bridgehead atoms. The van der Waals surface area contributed by atoms with Crippen molar-refractivity contribution in [2.45, 2.75) is 19.8 Å². The van der Waals surface area contributed by atoms with Crippen LogP contribution in [0.15, 0.2) is 11.8 Å². The maximum Gasteiger partial charge on any atom is 0.112 e. The molecule has 0 amide bonds. The highest BCUT2D eigenvalue weighted by atomic mass is 16.5. The van der Waals surface area contributed by atoms with Gasteiger partial charge in [0.05, 0.1) is 6.26 Å². The molecule has 0 spiro atoms. The lowest BCUT2D eigenvalue weighted by Crippen LogP contribution is -2.03. The molecule has 0 atom stereocenters. The van der Waals surface area contributed by atoms with Gasteiger partial charge in [0.2, 0.25) is 0 Å². The van der Waals surface area contributed by atoms with Gasteiger partial charge in [-0.25, -0.2) is 0 Å². The standard InChI is InChI=1S/C6H10O/c1-2-3-6-4-7-5-6/h4H,2-3,5H2,1H3. The van der Waals surface area contributed by atoms with Crippen LogP contribution in [0.3, 0.4) is 0 Å². The molecule has 0 unspecified atom stereocenters. The Morgan fingerprint density at radius 1 is 1.86 bits per heavy atom. The molecule has 0 aliphatic carbocycles. The van der Waals surface area contributed by atoms with E-state index in [0.29, 0.717) is 0 Å². The molecule has 0 saturated heterocycles. The first kappa shape index (κ1) is 4.69. The predicted octanol–water partition coefficient (Wildman–Crippen LogP) is 1.70. The molecule has 0 aromatic carbocycles. The van der Waals surface area contributed by atoms with Gasteiger partial charge in [0.1, 0.15) is 6.61 Å². The summed E-state index contributed by atoms with van der Waals surface area (Å²) in [5, 5.41) is 0. The monoisotopic (exact) mass is 98.1 g/mol. The normalized spacial score (nSPS) is 17.0. The Kier molecular flexibility index (Phi) is 1.35. The van der Waals surface area contributed by atoms with E-state index in [4.69, 9.17) is 4.74 Å². The van der Waals surface area contributed by atoms with Gasteiger partial charge in [0, 0.05) is 5.57 Å². The van der Waals surface area contributed by atoms with Crippen molar-refractivity contribution in [2.24, 2.45) is 0 Å². The fourth-order valence-corrected chi connectivity index (χ4v) is 0.653. The summed E-state index contributed by atoms with van der Waals surface area (Å²) in [7, 11) is 0. The third-order valence-electron chi connectivity index (χ3n) is 1.09. The fourth-order valence-electron chi connectivity index (χ4n) is 0.653. The van der Waals surface area contributed by atoms with Gasteiger partial charge in [-0.05, 0) is 6.42 Å². The van der Waals surface area contributed by atoms with Gasteiger partial charge < -0.3 is 4.74 Å². The van der Waals surface area contributed by atoms with Crippen molar-refractivity contribution in [1.29, 1.82) is 0 Å². The van der Waals surface area contributed by atoms with Crippen molar-refractivity contribution >= 4 is 0 Å². The van der Waals surface area contributed by atoms with Gasteiger partial charge >= 0.3 is 0 Å². The molecule has 0 N–H and O–H groups in total. The Morgan fingerprint density at radius 3 is 2.71 bits per heavy atom. The van der Waals surface area contributed by atoms with Crippen LogP contribution in [-0.4, -0.2) is 6.61 Å². The first-order chi connectivity index (χ1) is 3.43. The van der Waals surface area contributed by atoms with Crippen LogP contribution in [0.4, 0.5) is 0 Å². The highest BCUT2D eigenvalue weighted by molar-refractivity contribution is 5.04. The minimum atomic E-state index is 0.883. The Labute approximate surface area is 44.0 Å². The van der Waals surface area contributed by atoms with Crippen molar-refractivity contribution in [2.75, 3.05) is 6.61 Å². The van der Waals surface area contributed by atoms with E-state index in [0.717, 1.165) is 6.61 Å². The molecule has 1 aliphatic rings. The highest BCUT2D eigenvalue weighted by Gasteiger charge is 2.02. The van der Waals surface area contributed by atoms with Crippen molar-refractivity contribution in [3.63, 3.8) is 0 Å². The van der Waals surface area contributed by atoms with Gasteiger partial charge in [0.15, 0.2) is 0 Å². The van der Waals surface area contributed by atoms with E-state index >= 15 is 0 Å². The van der Waals surface area contributed by atoms with E-state index in [9.17, 15) is 0 Å². The molecule has 0 fully saturated rings. The van der Waals surface area contributed by atoms with E-state index in [-0.39, 0.29) is 0 Å². The zero-order valence-electron chi connectivity index (χ0n) is 4.61. The van der Waals surface area contributed by atoms with E-state index in [2.05, 4.69) is 6.92 Å². The van der Waals surface area contributed by atoms with E-state index in [1.807, 2.05) is 6.26 Å². The first-order valence-electron chi connectivity index (χ1n) is 2.73. The second-order valence-electron chi connectivity index (χ2n) is 1.84. The Morgan fingerprint density at radius 2 is 2.57 bits per heavy atom. The second-order valence-corrected chi connectivity index (χ2v) is 1.84. The van der Waals surface area contributed by atoms with E-state index in [1.54, 1.807) is 0 Å². The van der Waals surface area contributed by atoms with Gasteiger partial charge in [-0.3, -0.25) is 0 Å². The molecule has 1 rings (SSSR count). The zero-order chi connectivity index (χ0) is 5.11. The van der Waals surface area contributed by atoms with Crippen LogP contribution in [0.1, 0.15) is 19.8 Å². The summed E-state index contributed by atoms with van der Waals surface area (Å²) in [6, 6.07) is 0. The predicted molar refractivity (Wildman–Crippen MR) is 28.9 cm³/mol. The molecule has 1 nitrogen and oxygen atoms in total. The number of hydrogen-bond acceptors (Lipinski definition) is 1. The Balaban J connectivity index is 2.15. The van der Waals surface area contributed by atoms with Crippen LogP contribution in [0.2, 0.25) is 0 Å². The number of rotatable bonds is 2. The SMILES string of the molecule is CCCC1=COC1. The van der Waals surface area contributed by atoms with Crippen molar-refractivity contribution in [1.82, 2.24) is 0 Å². The minimum Gasteiger partial charge on any atom is -0.497 e. The topological polar surface area (TPSA) is 9.23 Å². The fraction of sp³-hybridized carbons (Fsp3) is 0.667. The van der Waals surface area contributed by atoms with Crippen molar-refractivity contribution < 1.29 is 4.74 Å². The van der Waals surface area contributed by atoms with Gasteiger partial charge in [-0.15, -0.1) is 0 Å². The lowest BCUT2D eigenvalue weighted by Gasteiger charge is -2.13. The first-order valence-corrected chi connectivity index (χ1v) is 2.73. The number of hydrogen-bond donors (Lipinski definition) is 0. The summed E-state index contributed by atoms with van der Waals surface area (Å²) in [6.07, 6.45) is 4.32. The summed E-state index contributed by atoms with van der Waals surface area (Å²) < 4.78 is 4.83. The molecule has 7 heavy (non-hydrogen) atoms. The molecule has 1 heteroatoms. The van der Waals surface area contributed by atoms with Crippen LogP contribution in [0.5, 0.6) is 0 Å². The largest absolute Gasteiger partial charge is 0.497 e. The van der Waals surface area contributed by atoms with Crippen LogP contribution in [0.25, 0.3) is 0 Å². The Hall–Kier alpha value is -0.460. The summed E-state index contributed by atoms with van der Waals surface area (Å²) in [5.74, 6) is 0.